The molecule has 0 spiro atoms. The van der Waals surface area contributed by atoms with Crippen LogP contribution in [0.15, 0.2) is 72.8 Å². The quantitative estimate of drug-likeness (QED) is 0.302. The van der Waals surface area contributed by atoms with Crippen LogP contribution in [0.2, 0.25) is 0 Å². The number of nitrogens with one attached hydrogen (secondary N) is 1. The SMILES string of the molecule is CC12CCC(C1)C1(C)Oc3ccc(C(=S)Nc4ccc(C(=O)OCc5ccccc5)cc4)cc3C21C. The monoisotopic (exact) mass is 497 g/mol. The maximum Gasteiger partial charge on any atom is 0.338 e. The molecule has 4 nitrogen and oxygen atoms in total. The van der Waals surface area contributed by atoms with Crippen LogP contribution in [0, 0.1) is 11.3 Å². The molecule has 3 aromatic carbocycles. The number of thiocarbonyl (C=S) groups is 1. The maximum absolute atomic E-state index is 12.4. The van der Waals surface area contributed by atoms with Crippen molar-refractivity contribution < 1.29 is 14.3 Å². The van der Waals surface area contributed by atoms with E-state index in [-0.39, 0.29) is 29.0 Å². The van der Waals surface area contributed by atoms with Crippen molar-refractivity contribution in [1.29, 1.82) is 0 Å². The molecule has 1 aliphatic heterocycles. The average molecular weight is 498 g/mol. The molecule has 2 fully saturated rings. The van der Waals surface area contributed by atoms with Crippen LogP contribution >= 0.6 is 12.2 Å². The Balaban J connectivity index is 1.16. The number of esters is 1. The van der Waals surface area contributed by atoms with E-state index in [1.807, 2.05) is 48.5 Å². The second-order valence-electron chi connectivity index (χ2n) is 11.1. The normalized spacial score (nSPS) is 29.2. The van der Waals surface area contributed by atoms with Crippen LogP contribution in [-0.4, -0.2) is 16.6 Å². The molecule has 5 heteroatoms. The van der Waals surface area contributed by atoms with Crippen LogP contribution in [0.1, 0.15) is 67.1 Å². The Morgan fingerprint density at radius 1 is 1.03 bits per heavy atom. The van der Waals surface area contributed by atoms with E-state index in [4.69, 9.17) is 21.7 Å². The average Bonchev–Trinajstić information content (AvgIpc) is 3.46. The molecule has 0 saturated heterocycles. The predicted molar refractivity (Wildman–Crippen MR) is 146 cm³/mol. The predicted octanol–water partition coefficient (Wildman–Crippen LogP) is 7.06. The minimum Gasteiger partial charge on any atom is -0.486 e. The molecule has 2 aliphatic carbocycles. The summed E-state index contributed by atoms with van der Waals surface area (Å²) in [5, 5.41) is 3.34. The highest BCUT2D eigenvalue weighted by atomic mass is 32.1. The number of carbonyl (C=O) groups is 1. The molecule has 4 atom stereocenters. The summed E-state index contributed by atoms with van der Waals surface area (Å²) in [6.07, 6.45) is 3.73. The highest BCUT2D eigenvalue weighted by Crippen LogP contribution is 2.73. The van der Waals surface area contributed by atoms with Crippen molar-refractivity contribution >= 4 is 28.9 Å². The highest BCUT2D eigenvalue weighted by molar-refractivity contribution is 7.81. The van der Waals surface area contributed by atoms with Crippen molar-refractivity contribution in [3.8, 4) is 5.75 Å². The Morgan fingerprint density at radius 3 is 2.50 bits per heavy atom. The molecule has 2 saturated carbocycles. The zero-order valence-corrected chi connectivity index (χ0v) is 21.8. The first kappa shape index (κ1) is 23.2. The summed E-state index contributed by atoms with van der Waals surface area (Å²) in [6.45, 7) is 7.40. The largest absolute Gasteiger partial charge is 0.486 e. The lowest BCUT2D eigenvalue weighted by atomic mass is 9.56. The number of anilines is 1. The Bertz CT molecular complexity index is 1350. The second kappa shape index (κ2) is 8.17. The lowest BCUT2D eigenvalue weighted by Crippen LogP contribution is -2.54. The van der Waals surface area contributed by atoms with Crippen LogP contribution in [0.25, 0.3) is 0 Å². The van der Waals surface area contributed by atoms with E-state index in [0.717, 1.165) is 22.6 Å². The van der Waals surface area contributed by atoms with Crippen molar-refractivity contribution in [2.24, 2.45) is 11.3 Å². The smallest absolute Gasteiger partial charge is 0.338 e. The molecule has 3 aromatic rings. The number of benzene rings is 3. The Kier molecular flexibility index (Phi) is 5.27. The van der Waals surface area contributed by atoms with Gasteiger partial charge in [0.05, 0.1) is 5.56 Å². The third kappa shape index (κ3) is 3.32. The van der Waals surface area contributed by atoms with Gasteiger partial charge in [-0.15, -0.1) is 0 Å². The van der Waals surface area contributed by atoms with Gasteiger partial charge in [0.15, 0.2) is 0 Å². The zero-order valence-electron chi connectivity index (χ0n) is 21.0. The van der Waals surface area contributed by atoms with Crippen molar-refractivity contribution in [2.75, 3.05) is 5.32 Å². The van der Waals surface area contributed by atoms with Gasteiger partial charge in [-0.3, -0.25) is 0 Å². The van der Waals surface area contributed by atoms with E-state index in [1.165, 1.54) is 24.8 Å². The van der Waals surface area contributed by atoms with E-state index in [1.54, 1.807) is 12.1 Å². The van der Waals surface area contributed by atoms with Gasteiger partial charge in [0.2, 0.25) is 0 Å². The van der Waals surface area contributed by atoms with Gasteiger partial charge in [-0.1, -0.05) is 56.4 Å². The van der Waals surface area contributed by atoms with Gasteiger partial charge in [0, 0.05) is 22.2 Å². The number of ether oxygens (including phenoxy) is 2. The van der Waals surface area contributed by atoms with Gasteiger partial charge in [-0.05, 0) is 85.5 Å². The van der Waals surface area contributed by atoms with Gasteiger partial charge in [0.25, 0.3) is 0 Å². The van der Waals surface area contributed by atoms with Crippen LogP contribution in [0.3, 0.4) is 0 Å². The number of rotatable bonds is 5. The van der Waals surface area contributed by atoms with Crippen LogP contribution < -0.4 is 10.1 Å². The Morgan fingerprint density at radius 2 is 1.75 bits per heavy atom. The maximum atomic E-state index is 12.4. The van der Waals surface area contributed by atoms with E-state index in [2.05, 4.69) is 38.2 Å². The first-order chi connectivity index (χ1) is 17.2. The van der Waals surface area contributed by atoms with E-state index in [0.29, 0.717) is 16.5 Å². The van der Waals surface area contributed by atoms with Crippen molar-refractivity contribution in [1.82, 2.24) is 0 Å². The van der Waals surface area contributed by atoms with E-state index >= 15 is 0 Å². The molecule has 0 radical (unpaired) electrons. The fraction of sp³-hybridized carbons (Fsp3) is 0.355. The molecule has 6 rings (SSSR count). The molecule has 4 unspecified atom stereocenters. The summed E-state index contributed by atoms with van der Waals surface area (Å²) in [7, 11) is 0. The molecule has 2 bridgehead atoms. The minimum atomic E-state index is -0.345. The molecule has 0 aromatic heterocycles. The van der Waals surface area contributed by atoms with Crippen molar-refractivity contribution in [3.05, 3.63) is 95.1 Å². The third-order valence-corrected chi connectivity index (χ3v) is 9.75. The van der Waals surface area contributed by atoms with Crippen molar-refractivity contribution in [3.63, 3.8) is 0 Å². The lowest BCUT2D eigenvalue weighted by molar-refractivity contribution is -0.0260. The number of carbonyl (C=O) groups excluding carboxylic acids is 1. The highest BCUT2D eigenvalue weighted by Gasteiger charge is 2.73. The molecular weight excluding hydrogens is 466 g/mol. The van der Waals surface area contributed by atoms with Gasteiger partial charge in [-0.25, -0.2) is 4.79 Å². The first-order valence-electron chi connectivity index (χ1n) is 12.7. The van der Waals surface area contributed by atoms with E-state index in [9.17, 15) is 4.79 Å². The fourth-order valence-corrected chi connectivity index (χ4v) is 7.27. The van der Waals surface area contributed by atoms with Crippen LogP contribution in [-0.2, 0) is 16.8 Å². The second-order valence-corrected chi connectivity index (χ2v) is 11.5. The fourth-order valence-electron chi connectivity index (χ4n) is 7.03. The topological polar surface area (TPSA) is 47.6 Å². The molecule has 1 heterocycles. The summed E-state index contributed by atoms with van der Waals surface area (Å²) in [6, 6.07) is 23.3. The Labute approximate surface area is 218 Å². The minimum absolute atomic E-state index is 0.0222. The molecule has 36 heavy (non-hydrogen) atoms. The molecule has 0 amide bonds. The van der Waals surface area contributed by atoms with Gasteiger partial charge >= 0.3 is 5.97 Å². The summed E-state index contributed by atoms with van der Waals surface area (Å²) < 4.78 is 12.1. The Hall–Kier alpha value is -3.18. The summed E-state index contributed by atoms with van der Waals surface area (Å²) >= 11 is 5.79. The van der Waals surface area contributed by atoms with Crippen LogP contribution in [0.5, 0.6) is 5.75 Å². The molecule has 1 N–H and O–H groups in total. The summed E-state index contributed by atoms with van der Waals surface area (Å²) in [5.74, 6) is 1.26. The lowest BCUT2D eigenvalue weighted by Gasteiger charge is -2.48. The first-order valence-corrected chi connectivity index (χ1v) is 13.1. The molecule has 184 valence electrons. The van der Waals surface area contributed by atoms with Crippen molar-refractivity contribution in [2.45, 2.75) is 57.7 Å². The number of hydrogen-bond donors (Lipinski definition) is 1. The van der Waals surface area contributed by atoms with Gasteiger partial charge in [0.1, 0.15) is 22.9 Å². The number of fused-ring (bicyclic) bond motifs is 7. The van der Waals surface area contributed by atoms with Gasteiger partial charge < -0.3 is 14.8 Å². The third-order valence-electron chi connectivity index (χ3n) is 9.41. The summed E-state index contributed by atoms with van der Waals surface area (Å²) in [4.78, 5) is 13.1. The zero-order chi connectivity index (χ0) is 25.1. The molecule has 3 aliphatic rings. The standard InChI is InChI=1S/C31H31NO3S/c1-29-16-15-23(18-29)31(3)30(29,2)25-17-22(11-14-26(25)35-31)27(36)32-24-12-9-21(10-13-24)28(33)34-19-20-7-5-4-6-8-20/h4-14,17,23H,15-16,18-19H2,1-3H3,(H,32,36). The summed E-state index contributed by atoms with van der Waals surface area (Å²) in [5.41, 5.74) is 4.64. The van der Waals surface area contributed by atoms with Gasteiger partial charge in [-0.2, -0.15) is 0 Å². The molecular formula is C31H31NO3S. The van der Waals surface area contributed by atoms with E-state index < -0.39 is 0 Å². The van der Waals surface area contributed by atoms with Crippen LogP contribution in [0.4, 0.5) is 5.69 Å². The number of hydrogen-bond acceptors (Lipinski definition) is 4.